The van der Waals surface area contributed by atoms with E-state index in [1.54, 1.807) is 13.8 Å². The number of ether oxygens (including phenoxy) is 1. The highest BCUT2D eigenvalue weighted by Crippen LogP contribution is 2.42. The highest BCUT2D eigenvalue weighted by atomic mass is 19.4. The highest BCUT2D eigenvalue weighted by Gasteiger charge is 2.61. The number of piperidine rings is 1. The van der Waals surface area contributed by atoms with E-state index in [0.29, 0.717) is 6.42 Å². The van der Waals surface area contributed by atoms with E-state index < -0.39 is 66.0 Å². The lowest BCUT2D eigenvalue weighted by Crippen LogP contribution is -2.61. The SMILES string of the molecule is CC1(C)CCCC[C@](O)(C(F)(F)F)C2NNC(O2)C2CCC(C(F)(F)F)C(N2)C(=O)C1. The number of carbonyl (C=O) groups is 1. The molecule has 0 aliphatic carbocycles. The Kier molecular flexibility index (Phi) is 6.72. The van der Waals surface area contributed by atoms with Gasteiger partial charge in [0.1, 0.15) is 6.23 Å². The molecule has 0 aromatic heterocycles. The Morgan fingerprint density at radius 3 is 2.29 bits per heavy atom. The van der Waals surface area contributed by atoms with Crippen molar-refractivity contribution in [2.75, 3.05) is 0 Å². The van der Waals surface area contributed by atoms with Gasteiger partial charge in [0.15, 0.2) is 12.0 Å². The van der Waals surface area contributed by atoms with Crippen LogP contribution in [0.15, 0.2) is 0 Å². The molecule has 0 spiro atoms. The minimum absolute atomic E-state index is 0.0100. The van der Waals surface area contributed by atoms with Crippen molar-refractivity contribution in [1.29, 1.82) is 0 Å². The van der Waals surface area contributed by atoms with E-state index in [4.69, 9.17) is 4.74 Å². The Morgan fingerprint density at radius 1 is 1.03 bits per heavy atom. The van der Waals surface area contributed by atoms with E-state index in [9.17, 15) is 36.2 Å². The van der Waals surface area contributed by atoms with Crippen LogP contribution < -0.4 is 16.2 Å². The van der Waals surface area contributed by atoms with Crippen molar-refractivity contribution in [3.05, 3.63) is 0 Å². The summed E-state index contributed by atoms with van der Waals surface area (Å²) in [5.41, 5.74) is 0.961. The van der Waals surface area contributed by atoms with Gasteiger partial charge in [0.25, 0.3) is 0 Å². The lowest BCUT2D eigenvalue weighted by molar-refractivity contribution is -0.300. The topological polar surface area (TPSA) is 82.6 Å². The van der Waals surface area contributed by atoms with Crippen molar-refractivity contribution < 1.29 is 41.0 Å². The van der Waals surface area contributed by atoms with Crippen LogP contribution in [0.1, 0.15) is 58.8 Å². The fourth-order valence-electron chi connectivity index (χ4n) is 4.75. The van der Waals surface area contributed by atoms with Gasteiger partial charge in [0.2, 0.25) is 5.60 Å². The van der Waals surface area contributed by atoms with E-state index >= 15 is 0 Å². The Labute approximate surface area is 176 Å². The summed E-state index contributed by atoms with van der Waals surface area (Å²) in [5, 5.41) is 13.2. The molecule has 6 nitrogen and oxygen atoms in total. The molecule has 4 bridgehead atoms. The molecule has 5 unspecified atom stereocenters. The maximum Gasteiger partial charge on any atom is 0.421 e. The van der Waals surface area contributed by atoms with Crippen LogP contribution in [-0.4, -0.2) is 53.4 Å². The maximum absolute atomic E-state index is 13.7. The first kappa shape index (κ1) is 24.7. The number of hydrogen-bond donors (Lipinski definition) is 4. The lowest BCUT2D eigenvalue weighted by atomic mass is 9.76. The Bertz CT molecular complexity index is 671. The summed E-state index contributed by atoms with van der Waals surface area (Å²) >= 11 is 0. The second-order valence-corrected chi connectivity index (χ2v) is 9.64. The minimum Gasteiger partial charge on any atom is -0.377 e. The molecule has 3 saturated heterocycles. The first-order chi connectivity index (χ1) is 14.1. The second kappa shape index (κ2) is 8.44. The highest BCUT2D eigenvalue weighted by molar-refractivity contribution is 5.85. The third-order valence-electron chi connectivity index (χ3n) is 6.60. The standard InChI is InChI=1S/C19H29F6N3O3/c1-16(2)7-3-4-8-17(30,19(23,24)25)15-28-27-14(31-15)11-6-5-10(18(20,21)22)13(26-11)12(29)9-16/h10-11,13-15,26-28,30H,3-9H2,1-2H3/t10?,11?,13?,14?,15?,17-/m1/s1. The summed E-state index contributed by atoms with van der Waals surface area (Å²) in [6.45, 7) is 3.43. The van der Waals surface area contributed by atoms with E-state index in [1.165, 1.54) is 0 Å². The summed E-state index contributed by atoms with van der Waals surface area (Å²) in [5.74, 6) is -2.44. The number of alkyl halides is 6. The monoisotopic (exact) mass is 461 g/mol. The molecule has 0 saturated carbocycles. The maximum atomic E-state index is 13.7. The summed E-state index contributed by atoms with van der Waals surface area (Å²) in [6.07, 6.45) is -13.1. The van der Waals surface area contributed by atoms with Crippen LogP contribution in [-0.2, 0) is 9.53 Å². The average Bonchev–Trinajstić information content (AvgIpc) is 3.12. The zero-order valence-corrected chi connectivity index (χ0v) is 17.4. The summed E-state index contributed by atoms with van der Waals surface area (Å²) in [6, 6.07) is -2.35. The molecule has 0 radical (unpaired) electrons. The Balaban J connectivity index is 1.91. The number of rotatable bonds is 0. The van der Waals surface area contributed by atoms with E-state index in [2.05, 4.69) is 16.2 Å². The van der Waals surface area contributed by atoms with Gasteiger partial charge in [-0.1, -0.05) is 26.7 Å². The molecule has 3 aliphatic rings. The van der Waals surface area contributed by atoms with Crippen LogP contribution in [0.3, 0.4) is 0 Å². The summed E-state index contributed by atoms with van der Waals surface area (Å²) in [4.78, 5) is 12.9. The normalized spacial score (nSPS) is 40.4. The lowest BCUT2D eigenvalue weighted by Gasteiger charge is -2.41. The molecule has 3 rings (SSSR count). The van der Waals surface area contributed by atoms with Gasteiger partial charge in [-0.2, -0.15) is 26.3 Å². The molecule has 0 amide bonds. The molecular formula is C19H29F6N3O3. The number of fused-ring (bicyclic) bond motifs is 5. The van der Waals surface area contributed by atoms with Gasteiger partial charge in [-0.3, -0.25) is 4.79 Å². The fourth-order valence-corrected chi connectivity index (χ4v) is 4.75. The van der Waals surface area contributed by atoms with Gasteiger partial charge in [-0.25, -0.2) is 10.9 Å². The summed E-state index contributed by atoms with van der Waals surface area (Å²) in [7, 11) is 0. The van der Waals surface area contributed by atoms with Crippen LogP contribution >= 0.6 is 0 Å². The van der Waals surface area contributed by atoms with Crippen LogP contribution in [0.25, 0.3) is 0 Å². The van der Waals surface area contributed by atoms with Crippen molar-refractivity contribution in [2.45, 2.75) is 101 Å². The number of hydrogen-bond acceptors (Lipinski definition) is 6. The zero-order chi connectivity index (χ0) is 23.2. The zero-order valence-electron chi connectivity index (χ0n) is 17.4. The molecule has 0 aromatic carbocycles. The molecule has 6 atom stereocenters. The number of carbonyl (C=O) groups excluding carboxylic acids is 1. The molecule has 180 valence electrons. The molecule has 3 fully saturated rings. The van der Waals surface area contributed by atoms with E-state index in [1.807, 2.05) is 0 Å². The van der Waals surface area contributed by atoms with E-state index in [-0.39, 0.29) is 32.1 Å². The number of nitrogens with one attached hydrogen (secondary N) is 3. The number of Topliss-reactive ketones (excluding diaryl/α,β-unsaturated/α-hetero) is 1. The largest absolute Gasteiger partial charge is 0.421 e. The van der Waals surface area contributed by atoms with Crippen molar-refractivity contribution in [3.63, 3.8) is 0 Å². The Hall–Kier alpha value is -0.950. The van der Waals surface area contributed by atoms with Crippen LogP contribution in [0.4, 0.5) is 26.3 Å². The minimum atomic E-state index is -4.98. The number of ketones is 1. The first-order valence-electron chi connectivity index (χ1n) is 10.5. The molecule has 0 aromatic rings. The van der Waals surface area contributed by atoms with Crippen molar-refractivity contribution >= 4 is 5.78 Å². The van der Waals surface area contributed by atoms with Crippen molar-refractivity contribution in [1.82, 2.24) is 16.2 Å². The fraction of sp³-hybridized carbons (Fsp3) is 0.947. The second-order valence-electron chi connectivity index (χ2n) is 9.64. The molecule has 4 N–H and O–H groups in total. The molecule has 31 heavy (non-hydrogen) atoms. The van der Waals surface area contributed by atoms with Gasteiger partial charge in [-0.05, 0) is 31.1 Å². The van der Waals surface area contributed by atoms with Gasteiger partial charge in [-0.15, -0.1) is 0 Å². The quantitative estimate of drug-likeness (QED) is 0.416. The number of hydrazine groups is 1. The predicted molar refractivity (Wildman–Crippen MR) is 97.3 cm³/mol. The number of halogens is 6. The Morgan fingerprint density at radius 2 is 1.68 bits per heavy atom. The third kappa shape index (κ3) is 5.18. The van der Waals surface area contributed by atoms with Gasteiger partial charge < -0.3 is 15.2 Å². The third-order valence-corrected chi connectivity index (χ3v) is 6.60. The summed E-state index contributed by atoms with van der Waals surface area (Å²) < 4.78 is 87.3. The van der Waals surface area contributed by atoms with Crippen LogP contribution in [0.2, 0.25) is 0 Å². The van der Waals surface area contributed by atoms with Crippen molar-refractivity contribution in [2.24, 2.45) is 11.3 Å². The van der Waals surface area contributed by atoms with Gasteiger partial charge in [0.05, 0.1) is 12.0 Å². The molecule has 3 heterocycles. The molecular weight excluding hydrogens is 432 g/mol. The van der Waals surface area contributed by atoms with E-state index in [0.717, 1.165) is 0 Å². The number of aliphatic hydroxyl groups is 1. The van der Waals surface area contributed by atoms with Crippen molar-refractivity contribution in [3.8, 4) is 0 Å². The van der Waals surface area contributed by atoms with Crippen LogP contribution in [0, 0.1) is 11.3 Å². The molecule has 12 heteroatoms. The predicted octanol–water partition coefficient (Wildman–Crippen LogP) is 2.91. The average molecular weight is 461 g/mol. The van der Waals surface area contributed by atoms with Gasteiger partial charge >= 0.3 is 12.4 Å². The molecule has 3 aliphatic heterocycles. The first-order valence-corrected chi connectivity index (χ1v) is 10.5. The van der Waals surface area contributed by atoms with Gasteiger partial charge in [0, 0.05) is 12.5 Å². The van der Waals surface area contributed by atoms with Crippen LogP contribution in [0.5, 0.6) is 0 Å². The smallest absolute Gasteiger partial charge is 0.377 e.